The molecule has 2 aliphatic heterocycles. The van der Waals surface area contributed by atoms with Crippen LogP contribution in [0.5, 0.6) is 0 Å². The van der Waals surface area contributed by atoms with Crippen LogP contribution in [-0.2, 0) is 4.74 Å². The average Bonchev–Trinajstić information content (AvgIpc) is 3.56. The van der Waals surface area contributed by atoms with Gasteiger partial charge >= 0.3 is 0 Å². The molecular weight excluding hydrogens is 409 g/mol. The number of nitrogens with one attached hydrogen (secondary N) is 1. The predicted molar refractivity (Wildman–Crippen MR) is 122 cm³/mol. The summed E-state index contributed by atoms with van der Waals surface area (Å²) in [4.78, 5) is 16.7. The fourth-order valence-electron chi connectivity index (χ4n) is 5.10. The van der Waals surface area contributed by atoms with Crippen LogP contribution in [0.25, 0.3) is 22.1 Å². The third-order valence-corrected chi connectivity index (χ3v) is 6.93. The Balaban J connectivity index is 1.21. The van der Waals surface area contributed by atoms with Gasteiger partial charge in [-0.1, -0.05) is 0 Å². The first kappa shape index (κ1) is 19.5. The molecule has 0 spiro atoms. The van der Waals surface area contributed by atoms with Crippen molar-refractivity contribution in [3.05, 3.63) is 48.0 Å². The fourth-order valence-corrected chi connectivity index (χ4v) is 5.10. The summed E-state index contributed by atoms with van der Waals surface area (Å²) in [7, 11) is 1.78. The lowest BCUT2D eigenvalue weighted by molar-refractivity contribution is 0.0811. The van der Waals surface area contributed by atoms with Gasteiger partial charge in [-0.15, -0.1) is 0 Å². The minimum absolute atomic E-state index is 0.299. The maximum atomic E-state index is 13.7. The molecule has 1 N–H and O–H groups in total. The highest BCUT2D eigenvalue weighted by Crippen LogP contribution is 2.36. The molecule has 0 aliphatic carbocycles. The Kier molecular flexibility index (Phi) is 4.75. The fraction of sp³-hybridized carbons (Fsp3) is 0.417. The Hall–Kier alpha value is -3.13. The molecule has 0 radical (unpaired) electrons. The maximum Gasteiger partial charge on any atom is 0.298 e. The van der Waals surface area contributed by atoms with E-state index in [4.69, 9.17) is 14.1 Å². The van der Waals surface area contributed by atoms with Gasteiger partial charge in [0.15, 0.2) is 5.58 Å². The number of piperidine rings is 1. The number of aromatic nitrogens is 3. The third kappa shape index (κ3) is 3.39. The predicted octanol–water partition coefficient (Wildman–Crippen LogP) is 4.45. The van der Waals surface area contributed by atoms with Gasteiger partial charge in [0.1, 0.15) is 17.0 Å². The highest BCUT2D eigenvalue weighted by molar-refractivity contribution is 5.81. The van der Waals surface area contributed by atoms with E-state index < -0.39 is 0 Å². The standard InChI is InChI=1S/C24H26FN5O2/c1-31-18-5-8-29(9-6-18)24-28-21-11-17(2-3-22(21)32-24)30-7-4-15(14-30)20-13-27-23-19(20)10-16(25)12-26-23/h2-3,10-13,15,18H,4-9,14H2,1H3,(H,26,27). The molecule has 5 heterocycles. The Morgan fingerprint density at radius 3 is 2.81 bits per heavy atom. The first-order chi connectivity index (χ1) is 15.7. The highest BCUT2D eigenvalue weighted by atomic mass is 19.1. The van der Waals surface area contributed by atoms with Crippen molar-refractivity contribution >= 4 is 33.8 Å². The summed E-state index contributed by atoms with van der Waals surface area (Å²) in [6.07, 6.45) is 6.55. The van der Waals surface area contributed by atoms with Crippen LogP contribution < -0.4 is 9.80 Å². The molecule has 2 saturated heterocycles. The Bertz CT molecular complexity index is 1260. The number of ether oxygens (including phenoxy) is 1. The molecule has 3 aromatic heterocycles. The molecule has 6 rings (SSSR count). The summed E-state index contributed by atoms with van der Waals surface area (Å²) >= 11 is 0. The molecule has 1 unspecified atom stereocenters. The lowest BCUT2D eigenvalue weighted by atomic mass is 9.99. The van der Waals surface area contributed by atoms with Crippen LogP contribution in [-0.4, -0.2) is 54.3 Å². The van der Waals surface area contributed by atoms with Gasteiger partial charge in [-0.3, -0.25) is 0 Å². The first-order valence-electron chi connectivity index (χ1n) is 11.2. The molecule has 7 nitrogen and oxygen atoms in total. The number of nitrogens with zero attached hydrogens (tertiary/aromatic N) is 4. The van der Waals surface area contributed by atoms with E-state index in [0.717, 1.165) is 78.8 Å². The lowest BCUT2D eigenvalue weighted by Crippen LogP contribution is -2.36. The Morgan fingerprint density at radius 2 is 1.97 bits per heavy atom. The van der Waals surface area contributed by atoms with E-state index in [1.165, 1.54) is 6.20 Å². The second-order valence-electron chi connectivity index (χ2n) is 8.80. The second-order valence-corrected chi connectivity index (χ2v) is 8.80. The first-order valence-corrected chi connectivity index (χ1v) is 11.2. The quantitative estimate of drug-likeness (QED) is 0.511. The van der Waals surface area contributed by atoms with Crippen LogP contribution in [0, 0.1) is 5.82 Å². The Morgan fingerprint density at radius 1 is 1.12 bits per heavy atom. The SMILES string of the molecule is COC1CCN(c2nc3cc(N4CCC(c5c[nH]c6ncc(F)cc56)C4)ccc3o2)CC1. The molecule has 4 aromatic rings. The number of hydrogen-bond donors (Lipinski definition) is 1. The van der Waals surface area contributed by atoms with Gasteiger partial charge in [-0.2, -0.15) is 4.98 Å². The topological polar surface area (TPSA) is 70.4 Å². The van der Waals surface area contributed by atoms with E-state index in [1.807, 2.05) is 12.3 Å². The number of anilines is 2. The van der Waals surface area contributed by atoms with Gasteiger partial charge < -0.3 is 23.9 Å². The van der Waals surface area contributed by atoms with Crippen LogP contribution >= 0.6 is 0 Å². The van der Waals surface area contributed by atoms with Gasteiger partial charge in [0.2, 0.25) is 0 Å². The van der Waals surface area contributed by atoms with E-state index in [1.54, 1.807) is 13.2 Å². The van der Waals surface area contributed by atoms with Gasteiger partial charge in [0.05, 0.1) is 12.3 Å². The summed E-state index contributed by atoms with van der Waals surface area (Å²) in [5.41, 5.74) is 4.71. The van der Waals surface area contributed by atoms with Crippen molar-refractivity contribution in [2.75, 3.05) is 43.1 Å². The van der Waals surface area contributed by atoms with E-state index in [-0.39, 0.29) is 5.82 Å². The van der Waals surface area contributed by atoms with Crippen molar-refractivity contribution in [2.45, 2.75) is 31.3 Å². The van der Waals surface area contributed by atoms with Crippen molar-refractivity contribution in [1.29, 1.82) is 0 Å². The van der Waals surface area contributed by atoms with E-state index >= 15 is 0 Å². The van der Waals surface area contributed by atoms with Gasteiger partial charge in [-0.25, -0.2) is 9.37 Å². The molecule has 8 heteroatoms. The van der Waals surface area contributed by atoms with Crippen molar-refractivity contribution in [3.8, 4) is 0 Å². The summed E-state index contributed by atoms with van der Waals surface area (Å²) in [6.45, 7) is 3.61. The molecule has 32 heavy (non-hydrogen) atoms. The minimum Gasteiger partial charge on any atom is -0.423 e. The van der Waals surface area contributed by atoms with Gasteiger partial charge in [0, 0.05) is 56.5 Å². The zero-order chi connectivity index (χ0) is 21.7. The molecule has 2 fully saturated rings. The molecule has 0 bridgehead atoms. The number of pyridine rings is 1. The molecule has 0 amide bonds. The number of oxazole rings is 1. The van der Waals surface area contributed by atoms with E-state index in [0.29, 0.717) is 18.0 Å². The number of benzene rings is 1. The van der Waals surface area contributed by atoms with Gasteiger partial charge in [0.25, 0.3) is 6.01 Å². The lowest BCUT2D eigenvalue weighted by Gasteiger charge is -2.29. The minimum atomic E-state index is -0.299. The Labute approximate surface area is 185 Å². The number of aromatic amines is 1. The molecule has 0 saturated carbocycles. The number of methoxy groups -OCH3 is 1. The normalized spacial score (nSPS) is 20.1. The summed E-state index contributed by atoms with van der Waals surface area (Å²) in [6, 6.07) is 8.51. The summed E-state index contributed by atoms with van der Waals surface area (Å²) in [5, 5.41) is 0.880. The molecule has 1 atom stereocenters. The maximum absolute atomic E-state index is 13.7. The van der Waals surface area contributed by atoms with Crippen molar-refractivity contribution in [1.82, 2.24) is 15.0 Å². The summed E-state index contributed by atoms with van der Waals surface area (Å²) in [5.74, 6) is 0.0323. The molecule has 166 valence electrons. The van der Waals surface area contributed by atoms with E-state index in [2.05, 4.69) is 31.9 Å². The van der Waals surface area contributed by atoms with Crippen LogP contribution in [0.3, 0.4) is 0 Å². The summed E-state index contributed by atoms with van der Waals surface area (Å²) < 4.78 is 25.2. The van der Waals surface area contributed by atoms with Crippen LogP contribution in [0.15, 0.2) is 41.1 Å². The van der Waals surface area contributed by atoms with Crippen LogP contribution in [0.4, 0.5) is 16.1 Å². The number of hydrogen-bond acceptors (Lipinski definition) is 6. The third-order valence-electron chi connectivity index (χ3n) is 6.93. The largest absolute Gasteiger partial charge is 0.423 e. The van der Waals surface area contributed by atoms with Crippen molar-refractivity contribution in [2.24, 2.45) is 0 Å². The smallest absolute Gasteiger partial charge is 0.298 e. The second kappa shape index (κ2) is 7.78. The number of H-pyrrole nitrogens is 1. The molecule has 1 aromatic carbocycles. The monoisotopic (exact) mass is 435 g/mol. The molecule has 2 aliphatic rings. The number of halogens is 1. The van der Waals surface area contributed by atoms with E-state index in [9.17, 15) is 4.39 Å². The van der Waals surface area contributed by atoms with Crippen molar-refractivity contribution < 1.29 is 13.5 Å². The number of fused-ring (bicyclic) bond motifs is 2. The molecular formula is C24H26FN5O2. The number of rotatable bonds is 4. The highest BCUT2D eigenvalue weighted by Gasteiger charge is 2.27. The van der Waals surface area contributed by atoms with Crippen molar-refractivity contribution in [3.63, 3.8) is 0 Å². The zero-order valence-corrected chi connectivity index (χ0v) is 18.1. The van der Waals surface area contributed by atoms with Gasteiger partial charge in [-0.05, 0) is 49.1 Å². The van der Waals surface area contributed by atoms with Crippen LogP contribution in [0.1, 0.15) is 30.7 Å². The van der Waals surface area contributed by atoms with Crippen LogP contribution in [0.2, 0.25) is 0 Å². The average molecular weight is 436 g/mol. The zero-order valence-electron chi connectivity index (χ0n) is 18.1.